The lowest BCUT2D eigenvalue weighted by Crippen LogP contribution is -2.70. The molecule has 0 radical (unpaired) electrons. The van der Waals surface area contributed by atoms with Crippen LogP contribution >= 0.6 is 0 Å². The third kappa shape index (κ3) is 4.07. The number of hydrogen-bond acceptors (Lipinski definition) is 4. The molecule has 0 aromatic rings. The van der Waals surface area contributed by atoms with Crippen LogP contribution in [0.25, 0.3) is 0 Å². The van der Waals surface area contributed by atoms with E-state index >= 15 is 0 Å². The number of quaternary nitrogens is 1. The van der Waals surface area contributed by atoms with Crippen LogP contribution in [0.1, 0.15) is 0 Å². The van der Waals surface area contributed by atoms with E-state index < -0.39 is 28.8 Å². The molecule has 0 aliphatic carbocycles. The van der Waals surface area contributed by atoms with Gasteiger partial charge in [-0.15, -0.1) is 0 Å². The standard InChI is InChI=1S/C3H7NO4S/c4-2(3(5)6)1-9(7)8/h2H,1,4H2,(H,5,6)(H,7,8)/p-1/t2-/m0/s1. The van der Waals surface area contributed by atoms with Gasteiger partial charge in [-0.05, 0) is 11.1 Å². The molecule has 54 valence electrons. The fourth-order valence-electron chi connectivity index (χ4n) is 0.232. The van der Waals surface area contributed by atoms with Gasteiger partial charge in [0.05, 0.1) is 5.75 Å². The Morgan fingerprint density at radius 1 is 1.78 bits per heavy atom. The van der Waals surface area contributed by atoms with Crippen LogP contribution in [0.4, 0.5) is 0 Å². The van der Waals surface area contributed by atoms with Gasteiger partial charge in [-0.1, -0.05) is 0 Å². The number of aliphatic carboxylic acids is 1. The minimum Gasteiger partial charge on any atom is -0.772 e. The van der Waals surface area contributed by atoms with Crippen molar-refractivity contribution < 1.29 is 24.4 Å². The van der Waals surface area contributed by atoms with Crippen LogP contribution in [0.15, 0.2) is 0 Å². The summed E-state index contributed by atoms with van der Waals surface area (Å²) in [6, 6.07) is -1.16. The van der Waals surface area contributed by atoms with Crippen molar-refractivity contribution in [1.82, 2.24) is 0 Å². The first-order valence-corrected chi connectivity index (χ1v) is 3.38. The van der Waals surface area contributed by atoms with Crippen molar-refractivity contribution in [2.45, 2.75) is 6.04 Å². The summed E-state index contributed by atoms with van der Waals surface area (Å²) < 4.78 is 19.6. The molecule has 3 N–H and O–H groups in total. The smallest absolute Gasteiger partial charge is 0.135 e. The Bertz CT molecular complexity index is 136. The van der Waals surface area contributed by atoms with Crippen molar-refractivity contribution in [3.05, 3.63) is 0 Å². The molecule has 0 saturated heterocycles. The Kier molecular flexibility index (Phi) is 3.36. The zero-order valence-electron chi connectivity index (χ0n) is 4.53. The summed E-state index contributed by atoms with van der Waals surface area (Å²) >= 11 is -2.35. The van der Waals surface area contributed by atoms with Gasteiger partial charge >= 0.3 is 0 Å². The molecule has 0 heterocycles. The van der Waals surface area contributed by atoms with E-state index in [1.54, 1.807) is 0 Å². The topological polar surface area (TPSA) is 108 Å². The van der Waals surface area contributed by atoms with Crippen LogP contribution < -0.4 is 10.8 Å². The third-order valence-corrected chi connectivity index (χ3v) is 1.35. The molecule has 0 amide bonds. The fourth-order valence-corrected chi connectivity index (χ4v) is 0.697. The first-order valence-electron chi connectivity index (χ1n) is 2.14. The lowest BCUT2D eigenvalue weighted by molar-refractivity contribution is -0.431. The minimum absolute atomic E-state index is 0.484. The molecular formula is C3H6NO4S-. The second-order valence-corrected chi connectivity index (χ2v) is 2.43. The quantitative estimate of drug-likeness (QED) is 0.418. The van der Waals surface area contributed by atoms with Gasteiger partial charge in [0.15, 0.2) is 0 Å². The van der Waals surface area contributed by atoms with Crippen LogP contribution in [-0.2, 0) is 15.9 Å². The van der Waals surface area contributed by atoms with E-state index in [9.17, 15) is 18.7 Å². The molecule has 0 aliphatic rings. The largest absolute Gasteiger partial charge is 0.772 e. The summed E-state index contributed by atoms with van der Waals surface area (Å²) in [5.74, 6) is -1.93. The van der Waals surface area contributed by atoms with E-state index in [0.717, 1.165) is 0 Å². The van der Waals surface area contributed by atoms with Gasteiger partial charge in [0.25, 0.3) is 0 Å². The molecule has 0 saturated carbocycles. The van der Waals surface area contributed by atoms with Gasteiger partial charge in [0, 0.05) is 0 Å². The van der Waals surface area contributed by atoms with E-state index in [-0.39, 0.29) is 0 Å². The molecule has 0 bridgehead atoms. The highest BCUT2D eigenvalue weighted by Gasteiger charge is 2.05. The summed E-state index contributed by atoms with van der Waals surface area (Å²) in [7, 11) is 0. The predicted octanol–water partition coefficient (Wildman–Crippen LogP) is -3.77. The first-order chi connectivity index (χ1) is 4.04. The highest BCUT2D eigenvalue weighted by molar-refractivity contribution is 7.79. The second-order valence-electron chi connectivity index (χ2n) is 1.49. The molecule has 0 aromatic carbocycles. The molecule has 0 rings (SSSR count). The van der Waals surface area contributed by atoms with E-state index in [2.05, 4.69) is 5.73 Å². The number of hydrogen-bond donors (Lipinski definition) is 1. The molecular weight excluding hydrogens is 146 g/mol. The maximum atomic E-state index is 9.79. The second kappa shape index (κ2) is 3.54. The van der Waals surface area contributed by atoms with Crippen LogP contribution in [0.5, 0.6) is 0 Å². The van der Waals surface area contributed by atoms with Crippen molar-refractivity contribution in [2.24, 2.45) is 0 Å². The number of rotatable bonds is 3. The summed E-state index contributed by atoms with van der Waals surface area (Å²) in [4.78, 5) is 9.79. The van der Waals surface area contributed by atoms with E-state index in [1.807, 2.05) is 0 Å². The van der Waals surface area contributed by atoms with Crippen molar-refractivity contribution in [3.8, 4) is 0 Å². The number of carboxylic acids is 1. The van der Waals surface area contributed by atoms with E-state index in [0.29, 0.717) is 0 Å². The van der Waals surface area contributed by atoms with Crippen LogP contribution in [0, 0.1) is 0 Å². The number of carbonyl (C=O) groups excluding carboxylic acids is 1. The maximum absolute atomic E-state index is 9.79. The summed E-state index contributed by atoms with van der Waals surface area (Å²) in [6.07, 6.45) is 0. The van der Waals surface area contributed by atoms with Crippen molar-refractivity contribution in [3.63, 3.8) is 0 Å². The SMILES string of the molecule is [NH3+][C@@H](CS(=O)[O-])C(=O)[O-]. The highest BCUT2D eigenvalue weighted by atomic mass is 32.2. The molecule has 0 fully saturated rings. The normalized spacial score (nSPS) is 16.7. The Balaban J connectivity index is 3.63. The maximum Gasteiger partial charge on any atom is 0.135 e. The Morgan fingerprint density at radius 2 is 2.22 bits per heavy atom. The molecule has 9 heavy (non-hydrogen) atoms. The molecule has 5 nitrogen and oxygen atoms in total. The third-order valence-electron chi connectivity index (χ3n) is 0.671. The molecule has 0 aromatic heterocycles. The van der Waals surface area contributed by atoms with Gasteiger partial charge < -0.3 is 20.2 Å². The van der Waals surface area contributed by atoms with Crippen molar-refractivity contribution in [1.29, 1.82) is 0 Å². The summed E-state index contributed by atoms with van der Waals surface area (Å²) in [5, 5.41) is 9.79. The summed E-state index contributed by atoms with van der Waals surface area (Å²) in [5.41, 5.74) is 3.02. The average Bonchev–Trinajstić information content (AvgIpc) is 1.63. The highest BCUT2D eigenvalue weighted by Crippen LogP contribution is 1.76. The first kappa shape index (κ1) is 8.54. The zero-order valence-corrected chi connectivity index (χ0v) is 5.35. The summed E-state index contributed by atoms with van der Waals surface area (Å²) in [6.45, 7) is 0. The number of carbonyl (C=O) groups is 1. The lowest BCUT2D eigenvalue weighted by atomic mass is 10.4. The van der Waals surface area contributed by atoms with Gasteiger partial charge in [0.2, 0.25) is 0 Å². The Hall–Kier alpha value is -0.460. The Morgan fingerprint density at radius 3 is 2.33 bits per heavy atom. The van der Waals surface area contributed by atoms with Crippen LogP contribution in [0.2, 0.25) is 0 Å². The molecule has 6 heteroatoms. The fraction of sp³-hybridized carbons (Fsp3) is 0.667. The van der Waals surface area contributed by atoms with Crippen LogP contribution in [0.3, 0.4) is 0 Å². The predicted molar refractivity (Wildman–Crippen MR) is 25.5 cm³/mol. The van der Waals surface area contributed by atoms with Gasteiger partial charge in [-0.3, -0.25) is 4.21 Å². The monoisotopic (exact) mass is 152 g/mol. The van der Waals surface area contributed by atoms with Gasteiger partial charge in [0.1, 0.15) is 12.0 Å². The van der Waals surface area contributed by atoms with E-state index in [4.69, 9.17) is 0 Å². The van der Waals surface area contributed by atoms with Gasteiger partial charge in [-0.2, -0.15) is 0 Å². The molecule has 1 unspecified atom stereocenters. The average molecular weight is 152 g/mol. The van der Waals surface area contributed by atoms with Crippen molar-refractivity contribution >= 4 is 17.0 Å². The van der Waals surface area contributed by atoms with E-state index in [1.165, 1.54) is 0 Å². The Labute approximate surface area is 54.1 Å². The molecule has 0 aliphatic heterocycles. The van der Waals surface area contributed by atoms with Crippen LogP contribution in [-0.4, -0.2) is 26.5 Å². The molecule has 0 spiro atoms. The van der Waals surface area contributed by atoms with Crippen molar-refractivity contribution in [2.75, 3.05) is 5.75 Å². The molecule has 2 atom stereocenters. The van der Waals surface area contributed by atoms with Gasteiger partial charge in [-0.25, -0.2) is 0 Å². The lowest BCUT2D eigenvalue weighted by Gasteiger charge is -2.10. The minimum atomic E-state index is -2.35. The zero-order chi connectivity index (χ0) is 7.44. The number of carboxylic acid groups (broad SMARTS) is 1.